The van der Waals surface area contributed by atoms with Crippen molar-refractivity contribution in [3.05, 3.63) is 65.3 Å². The van der Waals surface area contributed by atoms with E-state index in [9.17, 15) is 9.90 Å². The second-order valence-electron chi connectivity index (χ2n) is 10.0. The molecule has 4 rings (SSSR count). The normalized spacial score (nSPS) is 18.9. The second-order valence-corrected chi connectivity index (χ2v) is 11.6. The number of hydrogen-bond donors (Lipinski definition) is 1. The Morgan fingerprint density at radius 3 is 2.79 bits per heavy atom. The van der Waals surface area contributed by atoms with Gasteiger partial charge in [0.2, 0.25) is 0 Å². The number of fused-ring (bicyclic) bond motifs is 1. The fourth-order valence-corrected chi connectivity index (χ4v) is 6.41. The Kier molecular flexibility index (Phi) is 10.7. The van der Waals surface area contributed by atoms with Gasteiger partial charge in [0.05, 0.1) is 12.6 Å². The van der Waals surface area contributed by atoms with Crippen LogP contribution in [0.25, 0.3) is 10.9 Å². The summed E-state index contributed by atoms with van der Waals surface area (Å²) in [6, 6.07) is 15.2. The number of carboxylic acids is 1. The van der Waals surface area contributed by atoms with Crippen LogP contribution >= 0.6 is 23.4 Å². The largest absolute Gasteiger partial charge is 0.497 e. The minimum Gasteiger partial charge on any atom is -0.497 e. The molecule has 1 fully saturated rings. The Morgan fingerprint density at radius 2 is 2.03 bits per heavy atom. The minimum absolute atomic E-state index is 0.162. The molecule has 0 saturated carbocycles. The van der Waals surface area contributed by atoms with Crippen molar-refractivity contribution in [2.24, 2.45) is 11.8 Å². The summed E-state index contributed by atoms with van der Waals surface area (Å²) in [6.45, 7) is 2.86. The molecule has 38 heavy (non-hydrogen) atoms. The molecule has 0 amide bonds. The zero-order valence-corrected chi connectivity index (χ0v) is 23.4. The summed E-state index contributed by atoms with van der Waals surface area (Å²) in [5.41, 5.74) is 1.40. The van der Waals surface area contributed by atoms with Crippen molar-refractivity contribution in [1.29, 1.82) is 0 Å². The third kappa shape index (κ3) is 8.08. The van der Waals surface area contributed by atoms with E-state index in [0.29, 0.717) is 30.1 Å². The van der Waals surface area contributed by atoms with Crippen LogP contribution in [0.5, 0.6) is 5.75 Å². The minimum atomic E-state index is -1.10. The Hall–Kier alpha value is -2.35. The number of carbonyl (C=O) groups is 1. The highest BCUT2D eigenvalue weighted by molar-refractivity contribution is 7.99. The van der Waals surface area contributed by atoms with Gasteiger partial charge in [0, 0.05) is 34.5 Å². The van der Waals surface area contributed by atoms with Crippen LogP contribution in [-0.2, 0) is 4.79 Å². The number of thioether (sulfide) groups is 1. The van der Waals surface area contributed by atoms with Crippen molar-refractivity contribution >= 4 is 40.2 Å². The summed E-state index contributed by atoms with van der Waals surface area (Å²) < 4.78 is 20.9. The molecule has 1 aromatic heterocycles. The molecule has 5 nitrogen and oxygen atoms in total. The Morgan fingerprint density at radius 1 is 1.21 bits per heavy atom. The van der Waals surface area contributed by atoms with Gasteiger partial charge < -0.3 is 14.7 Å². The molecule has 3 aromatic rings. The molecule has 2 heterocycles. The van der Waals surface area contributed by atoms with Gasteiger partial charge >= 0.3 is 5.97 Å². The quantitative estimate of drug-likeness (QED) is 0.171. The van der Waals surface area contributed by atoms with Crippen molar-refractivity contribution in [2.45, 2.75) is 49.6 Å². The molecule has 2 aromatic carbocycles. The van der Waals surface area contributed by atoms with Gasteiger partial charge in [-0.3, -0.25) is 9.78 Å². The van der Waals surface area contributed by atoms with Gasteiger partial charge in [0.25, 0.3) is 0 Å². The van der Waals surface area contributed by atoms with Crippen molar-refractivity contribution in [3.63, 3.8) is 0 Å². The predicted octanol–water partition coefficient (Wildman–Crippen LogP) is 7.67. The lowest BCUT2D eigenvalue weighted by Gasteiger charge is -2.39. The SMILES string of the molecule is COc1ccc2nccc([C@H](F)CC[C@@H]3CCN(CCCSc4ccc(Cl)cc4)C[C@H]3CCC(=O)O)c2c1. The molecule has 3 atom stereocenters. The van der Waals surface area contributed by atoms with E-state index < -0.39 is 12.1 Å². The number of ether oxygens (including phenoxy) is 1. The van der Waals surface area contributed by atoms with E-state index >= 15 is 4.39 Å². The van der Waals surface area contributed by atoms with E-state index in [4.69, 9.17) is 16.3 Å². The standard InChI is InChI=1S/C30H36ClFN2O3S/c1-37-24-7-11-29-27(19-24)26(13-15-33-29)28(32)10-3-21-14-17-34(20-22(21)4-12-30(35)36)16-2-18-38-25-8-5-23(31)6-9-25/h5-9,11,13,15,19,21-22,28H,2-4,10,12,14,16-18,20H2,1H3,(H,35,36)/t21-,22-,28-/m1/s1. The average Bonchev–Trinajstić information content (AvgIpc) is 2.93. The summed E-state index contributed by atoms with van der Waals surface area (Å²) >= 11 is 7.80. The van der Waals surface area contributed by atoms with Crippen molar-refractivity contribution in [1.82, 2.24) is 9.88 Å². The number of carboxylic acid groups (broad SMARTS) is 1. The molecule has 0 bridgehead atoms. The van der Waals surface area contributed by atoms with Gasteiger partial charge in [-0.15, -0.1) is 11.8 Å². The number of aliphatic carboxylic acids is 1. The molecule has 0 aliphatic carbocycles. The molecule has 204 valence electrons. The first-order valence-corrected chi connectivity index (χ1v) is 14.7. The molecule has 0 radical (unpaired) electrons. The van der Waals surface area contributed by atoms with Gasteiger partial charge in [0.1, 0.15) is 11.9 Å². The Labute approximate surface area is 233 Å². The highest BCUT2D eigenvalue weighted by Gasteiger charge is 2.30. The fourth-order valence-electron chi connectivity index (χ4n) is 5.45. The van der Waals surface area contributed by atoms with Crippen LogP contribution in [0.4, 0.5) is 4.39 Å². The summed E-state index contributed by atoms with van der Waals surface area (Å²) in [5.74, 6) is 1.54. The van der Waals surface area contributed by atoms with E-state index in [1.807, 2.05) is 54.2 Å². The van der Waals surface area contributed by atoms with E-state index in [-0.39, 0.29) is 12.3 Å². The number of nitrogens with zero attached hydrogens (tertiary/aromatic N) is 2. The Bertz CT molecular complexity index is 1200. The summed E-state index contributed by atoms with van der Waals surface area (Å²) in [4.78, 5) is 19.4. The molecule has 1 aliphatic heterocycles. The number of rotatable bonds is 13. The van der Waals surface area contributed by atoms with E-state index in [2.05, 4.69) is 9.88 Å². The van der Waals surface area contributed by atoms with Gasteiger partial charge in [-0.2, -0.15) is 0 Å². The number of piperidine rings is 1. The first-order chi connectivity index (χ1) is 18.4. The lowest BCUT2D eigenvalue weighted by atomic mass is 9.79. The number of pyridine rings is 1. The molecule has 8 heteroatoms. The number of halogens is 2. The number of benzene rings is 2. The number of hydrogen-bond acceptors (Lipinski definition) is 5. The lowest BCUT2D eigenvalue weighted by Crippen LogP contribution is -2.41. The first-order valence-electron chi connectivity index (χ1n) is 13.3. The average molecular weight is 559 g/mol. The summed E-state index contributed by atoms with van der Waals surface area (Å²) in [6.07, 6.45) is 4.58. The van der Waals surface area contributed by atoms with Crippen LogP contribution in [0.2, 0.25) is 5.02 Å². The van der Waals surface area contributed by atoms with Crippen LogP contribution in [-0.4, -0.2) is 53.5 Å². The highest BCUT2D eigenvalue weighted by Crippen LogP contribution is 2.36. The lowest BCUT2D eigenvalue weighted by molar-refractivity contribution is -0.137. The summed E-state index contributed by atoms with van der Waals surface area (Å²) in [5, 5.41) is 10.8. The molecular formula is C30H36ClFN2O3S. The van der Waals surface area contributed by atoms with Gasteiger partial charge in [-0.1, -0.05) is 11.6 Å². The van der Waals surface area contributed by atoms with Crippen molar-refractivity contribution in [3.8, 4) is 5.75 Å². The van der Waals surface area contributed by atoms with Gasteiger partial charge in [-0.25, -0.2) is 4.39 Å². The highest BCUT2D eigenvalue weighted by atomic mass is 35.5. The fraction of sp³-hybridized carbons (Fsp3) is 0.467. The van der Waals surface area contributed by atoms with Crippen LogP contribution in [0.3, 0.4) is 0 Å². The molecule has 1 aliphatic rings. The maximum atomic E-state index is 15.6. The zero-order chi connectivity index (χ0) is 26.9. The van der Waals surface area contributed by atoms with Crippen LogP contribution in [0.1, 0.15) is 50.3 Å². The smallest absolute Gasteiger partial charge is 0.303 e. The number of methoxy groups -OCH3 is 1. The van der Waals surface area contributed by atoms with Gasteiger partial charge in [-0.05, 0) is 117 Å². The Balaban J connectivity index is 1.31. The van der Waals surface area contributed by atoms with E-state index in [1.165, 1.54) is 4.90 Å². The monoisotopic (exact) mass is 558 g/mol. The van der Waals surface area contributed by atoms with Crippen molar-refractivity contribution in [2.75, 3.05) is 32.5 Å². The first kappa shape index (κ1) is 28.7. The molecule has 1 saturated heterocycles. The zero-order valence-electron chi connectivity index (χ0n) is 21.8. The van der Waals surface area contributed by atoms with E-state index in [1.54, 1.807) is 19.4 Å². The van der Waals surface area contributed by atoms with Gasteiger partial charge in [0.15, 0.2) is 0 Å². The van der Waals surface area contributed by atoms with Crippen LogP contribution in [0.15, 0.2) is 59.6 Å². The molecule has 1 N–H and O–H groups in total. The number of alkyl halides is 1. The van der Waals surface area contributed by atoms with Crippen LogP contribution in [0, 0.1) is 11.8 Å². The van der Waals surface area contributed by atoms with Crippen LogP contribution < -0.4 is 4.74 Å². The summed E-state index contributed by atoms with van der Waals surface area (Å²) in [7, 11) is 1.60. The third-order valence-corrected chi connectivity index (χ3v) is 8.87. The maximum Gasteiger partial charge on any atom is 0.303 e. The molecule has 0 unspecified atom stereocenters. The molecule has 0 spiro atoms. The van der Waals surface area contributed by atoms with E-state index in [0.717, 1.165) is 60.6 Å². The topological polar surface area (TPSA) is 62.7 Å². The molecular weight excluding hydrogens is 523 g/mol. The number of aromatic nitrogens is 1. The van der Waals surface area contributed by atoms with Crippen molar-refractivity contribution < 1.29 is 19.0 Å². The predicted molar refractivity (Wildman–Crippen MR) is 153 cm³/mol. The second kappa shape index (κ2) is 14.2. The number of likely N-dealkylation sites (tertiary alicyclic amines) is 1. The maximum absolute atomic E-state index is 15.6. The third-order valence-electron chi connectivity index (χ3n) is 7.52.